The van der Waals surface area contributed by atoms with E-state index in [9.17, 15) is 24.3 Å². The Labute approximate surface area is 274 Å². The number of benzene rings is 2. The number of phenols is 1. The molecule has 254 valence electrons. The van der Waals surface area contributed by atoms with Crippen molar-refractivity contribution in [3.63, 3.8) is 0 Å². The Morgan fingerprint density at radius 2 is 1.48 bits per heavy atom. The van der Waals surface area contributed by atoms with Gasteiger partial charge in [0.25, 0.3) is 0 Å². The predicted molar refractivity (Wildman–Crippen MR) is 178 cm³/mol. The van der Waals surface area contributed by atoms with E-state index in [1.54, 1.807) is 67.5 Å². The second-order valence-corrected chi connectivity index (χ2v) is 13.9. The normalized spacial score (nSPS) is 13.7. The number of carbonyl (C=O) groups excluding carboxylic acids is 4. The number of nitrogens with zero attached hydrogens (tertiary/aromatic N) is 1. The van der Waals surface area contributed by atoms with Crippen LogP contribution in [0.1, 0.15) is 98.7 Å². The number of hydrogen-bond acceptors (Lipinski definition) is 7. The van der Waals surface area contributed by atoms with Gasteiger partial charge in [0.1, 0.15) is 35.1 Å². The molecule has 0 aliphatic carbocycles. The molecule has 0 aliphatic heterocycles. The Bertz CT molecular complexity index is 1300. The van der Waals surface area contributed by atoms with Gasteiger partial charge in [-0.05, 0) is 77.1 Å². The Morgan fingerprint density at radius 1 is 0.848 bits per heavy atom. The van der Waals surface area contributed by atoms with Gasteiger partial charge in [0.15, 0.2) is 0 Å². The molecular weight excluding hydrogens is 586 g/mol. The lowest BCUT2D eigenvalue weighted by atomic mass is 9.97. The number of unbranched alkanes of at least 4 members (excludes halogenated alkanes) is 2. The Morgan fingerprint density at radius 3 is 2.02 bits per heavy atom. The number of esters is 1. The number of alkyl carbamates (subject to hydrolysis) is 1. The number of rotatable bonds is 14. The molecule has 2 aromatic carbocycles. The summed E-state index contributed by atoms with van der Waals surface area (Å²) in [5.74, 6) is -2.17. The molecule has 0 heterocycles. The summed E-state index contributed by atoms with van der Waals surface area (Å²) in [6, 6.07) is 12.1. The van der Waals surface area contributed by atoms with Gasteiger partial charge in [-0.3, -0.25) is 9.59 Å². The fourth-order valence-electron chi connectivity index (χ4n) is 4.86. The van der Waals surface area contributed by atoms with Gasteiger partial charge < -0.3 is 30.1 Å². The largest absolute Gasteiger partial charge is 0.508 e. The van der Waals surface area contributed by atoms with Crippen LogP contribution in [0, 0.1) is 5.92 Å². The van der Waals surface area contributed by atoms with Crippen LogP contribution in [0.2, 0.25) is 0 Å². The van der Waals surface area contributed by atoms with Crippen molar-refractivity contribution in [2.45, 2.75) is 117 Å². The zero-order valence-electron chi connectivity index (χ0n) is 28.9. The second-order valence-electron chi connectivity index (χ2n) is 13.9. The molecule has 10 nitrogen and oxygen atoms in total. The number of nitrogens with one attached hydrogen (secondary N) is 2. The van der Waals surface area contributed by atoms with E-state index in [-0.39, 0.29) is 24.6 Å². The monoisotopic (exact) mass is 639 g/mol. The molecule has 0 saturated heterocycles. The third-order valence-corrected chi connectivity index (χ3v) is 6.93. The number of amides is 3. The molecule has 2 aromatic rings. The highest BCUT2D eigenvalue weighted by Gasteiger charge is 2.39. The molecule has 3 amide bonds. The highest BCUT2D eigenvalue weighted by Crippen LogP contribution is 2.28. The number of carbonyl (C=O) groups is 4. The van der Waals surface area contributed by atoms with Gasteiger partial charge in [-0.25, -0.2) is 9.59 Å². The van der Waals surface area contributed by atoms with Gasteiger partial charge in [-0.2, -0.15) is 0 Å². The lowest BCUT2D eigenvalue weighted by Gasteiger charge is -2.36. The van der Waals surface area contributed by atoms with Crippen molar-refractivity contribution < 1.29 is 33.8 Å². The summed E-state index contributed by atoms with van der Waals surface area (Å²) in [6.07, 6.45) is 1.65. The molecule has 0 aliphatic rings. The first-order valence-corrected chi connectivity index (χ1v) is 16.1. The topological polar surface area (TPSA) is 134 Å². The fourth-order valence-corrected chi connectivity index (χ4v) is 4.86. The highest BCUT2D eigenvalue weighted by atomic mass is 16.6. The Kier molecular flexibility index (Phi) is 14.1. The quantitative estimate of drug-likeness (QED) is 0.169. The molecule has 0 fully saturated rings. The summed E-state index contributed by atoms with van der Waals surface area (Å²) >= 11 is 0. The first-order valence-electron chi connectivity index (χ1n) is 16.1. The van der Waals surface area contributed by atoms with E-state index in [2.05, 4.69) is 10.6 Å². The first kappa shape index (κ1) is 38.1. The second kappa shape index (κ2) is 17.0. The molecule has 10 heteroatoms. The molecular formula is C36H53N3O7. The third-order valence-electron chi connectivity index (χ3n) is 6.93. The number of hydrogen-bond donors (Lipinski definition) is 3. The molecule has 0 spiro atoms. The summed E-state index contributed by atoms with van der Waals surface area (Å²) in [4.78, 5) is 56.5. The Hall–Kier alpha value is -4.08. The van der Waals surface area contributed by atoms with Gasteiger partial charge >= 0.3 is 12.1 Å². The SMILES string of the molecule is CCCCCN(C(=O)C(NC(=O)OC(C)(C)C)C(C)C)C(C(=O)NC(Cc1ccccc1)C(=O)OC(C)(C)C)c1cccc(O)c1. The van der Waals surface area contributed by atoms with E-state index in [1.807, 2.05) is 37.3 Å². The number of aromatic hydroxyl groups is 1. The summed E-state index contributed by atoms with van der Waals surface area (Å²) in [7, 11) is 0. The lowest BCUT2D eigenvalue weighted by molar-refractivity contribution is -0.159. The Balaban J connectivity index is 2.61. The van der Waals surface area contributed by atoms with E-state index in [0.29, 0.717) is 12.0 Å². The third kappa shape index (κ3) is 12.7. The molecule has 3 atom stereocenters. The van der Waals surface area contributed by atoms with E-state index >= 15 is 0 Å². The summed E-state index contributed by atoms with van der Waals surface area (Å²) in [5, 5.41) is 16.0. The number of phenolic OH excluding ortho intramolecular Hbond substituents is 1. The lowest BCUT2D eigenvalue weighted by Crippen LogP contribution is -2.56. The maximum Gasteiger partial charge on any atom is 0.408 e. The minimum atomic E-state index is -1.24. The maximum absolute atomic E-state index is 14.4. The van der Waals surface area contributed by atoms with Crippen molar-refractivity contribution in [2.24, 2.45) is 5.92 Å². The minimum Gasteiger partial charge on any atom is -0.508 e. The van der Waals surface area contributed by atoms with Crippen LogP contribution in [0.3, 0.4) is 0 Å². The van der Waals surface area contributed by atoms with E-state index in [0.717, 1.165) is 18.4 Å². The van der Waals surface area contributed by atoms with Crippen LogP contribution in [0.15, 0.2) is 54.6 Å². The zero-order chi connectivity index (χ0) is 34.7. The van der Waals surface area contributed by atoms with Crippen molar-refractivity contribution in [1.82, 2.24) is 15.5 Å². The molecule has 0 saturated carbocycles. The van der Waals surface area contributed by atoms with Crippen molar-refractivity contribution in [2.75, 3.05) is 6.54 Å². The van der Waals surface area contributed by atoms with Crippen LogP contribution >= 0.6 is 0 Å². The summed E-state index contributed by atoms with van der Waals surface area (Å²) < 4.78 is 11.1. The zero-order valence-corrected chi connectivity index (χ0v) is 28.9. The van der Waals surface area contributed by atoms with Crippen LogP contribution in [-0.4, -0.2) is 63.7 Å². The van der Waals surface area contributed by atoms with Gasteiger partial charge in [-0.15, -0.1) is 0 Å². The molecule has 2 rings (SSSR count). The van der Waals surface area contributed by atoms with Gasteiger partial charge in [-0.1, -0.05) is 76.1 Å². The molecule has 0 radical (unpaired) electrons. The maximum atomic E-state index is 14.4. The van der Waals surface area contributed by atoms with Crippen molar-refractivity contribution in [3.05, 3.63) is 65.7 Å². The summed E-state index contributed by atoms with van der Waals surface area (Å²) in [6.45, 7) is 16.3. The molecule has 0 aromatic heterocycles. The molecule has 46 heavy (non-hydrogen) atoms. The van der Waals surface area contributed by atoms with Crippen LogP contribution in [-0.2, 0) is 30.3 Å². The standard InChI is InChI=1S/C36H53N3O7/c1-10-11-15-21-39(32(42)29(24(2)3)38-34(44)46-36(7,8)9)30(26-19-16-20-27(40)23-26)31(41)37-28(33(43)45-35(4,5)6)22-25-17-13-12-14-18-25/h12-14,16-20,23-24,28-30,40H,10-11,15,21-22H2,1-9H3,(H,37,41)(H,38,44). The predicted octanol–water partition coefficient (Wildman–Crippen LogP) is 6.07. The smallest absolute Gasteiger partial charge is 0.408 e. The van der Waals surface area contributed by atoms with E-state index < -0.39 is 53.2 Å². The van der Waals surface area contributed by atoms with Crippen molar-refractivity contribution in [1.29, 1.82) is 0 Å². The van der Waals surface area contributed by atoms with Crippen LogP contribution in [0.25, 0.3) is 0 Å². The van der Waals surface area contributed by atoms with Gasteiger partial charge in [0.2, 0.25) is 11.8 Å². The van der Waals surface area contributed by atoms with E-state index in [4.69, 9.17) is 9.47 Å². The fraction of sp³-hybridized carbons (Fsp3) is 0.556. The van der Waals surface area contributed by atoms with Gasteiger partial charge in [0, 0.05) is 13.0 Å². The summed E-state index contributed by atoms with van der Waals surface area (Å²) in [5.41, 5.74) is -0.425. The first-order chi connectivity index (χ1) is 21.4. The molecule has 3 N–H and O–H groups in total. The average molecular weight is 640 g/mol. The van der Waals surface area contributed by atoms with Crippen molar-refractivity contribution >= 4 is 23.9 Å². The number of ether oxygens (including phenoxy) is 2. The average Bonchev–Trinajstić information content (AvgIpc) is 2.93. The van der Waals surface area contributed by atoms with Crippen LogP contribution in [0.5, 0.6) is 5.75 Å². The van der Waals surface area contributed by atoms with Crippen LogP contribution < -0.4 is 10.6 Å². The van der Waals surface area contributed by atoms with Crippen LogP contribution in [0.4, 0.5) is 4.79 Å². The molecule has 0 bridgehead atoms. The van der Waals surface area contributed by atoms with Gasteiger partial charge in [0.05, 0.1) is 0 Å². The van der Waals surface area contributed by atoms with E-state index in [1.165, 1.54) is 17.0 Å². The highest BCUT2D eigenvalue weighted by molar-refractivity contribution is 5.94. The molecule has 3 unspecified atom stereocenters. The minimum absolute atomic E-state index is 0.0866. The van der Waals surface area contributed by atoms with Crippen molar-refractivity contribution in [3.8, 4) is 5.75 Å².